The minimum Gasteiger partial charge on any atom is -0.496 e. The molecule has 1 aliphatic heterocycles. The number of rotatable bonds is 5. The van der Waals surface area contributed by atoms with Gasteiger partial charge in [0.15, 0.2) is 0 Å². The second kappa shape index (κ2) is 12.0. The first kappa shape index (κ1) is 26.5. The Balaban J connectivity index is 1.97. The van der Waals surface area contributed by atoms with E-state index in [0.717, 1.165) is 17.9 Å². The van der Waals surface area contributed by atoms with Crippen LogP contribution in [0.4, 0.5) is 5.69 Å². The third-order valence-corrected chi connectivity index (χ3v) is 6.46. The minimum atomic E-state index is -0.185. The molecule has 0 aliphatic carbocycles. The molecule has 0 unspecified atom stereocenters. The Morgan fingerprint density at radius 1 is 1.14 bits per heavy atom. The Kier molecular flexibility index (Phi) is 9.12. The standard InChI is InChI=1S/C27H37N3O5/c1-18-14-30(15-21-9-7-8-10-24(21)33-5)19(2)17-35-25-13-22(28-20(3)31)11-12-23(25)27(32)29(4)16-26(18)34-6/h7-13,18-19,26H,14-17H2,1-6H3,(H,28,31)/t18-,19+,26+/m1/s1. The van der Waals surface area contributed by atoms with Crippen molar-refractivity contribution in [1.82, 2.24) is 9.80 Å². The van der Waals surface area contributed by atoms with Gasteiger partial charge in [-0.1, -0.05) is 25.1 Å². The molecule has 3 rings (SSSR count). The number of ether oxygens (including phenoxy) is 3. The van der Waals surface area contributed by atoms with Gasteiger partial charge in [0.1, 0.15) is 18.1 Å². The highest BCUT2D eigenvalue weighted by molar-refractivity contribution is 5.98. The number of benzene rings is 2. The van der Waals surface area contributed by atoms with E-state index in [9.17, 15) is 9.59 Å². The average Bonchev–Trinajstić information content (AvgIpc) is 2.84. The molecule has 1 aliphatic rings. The van der Waals surface area contributed by atoms with Crippen LogP contribution < -0.4 is 14.8 Å². The summed E-state index contributed by atoms with van der Waals surface area (Å²) >= 11 is 0. The van der Waals surface area contributed by atoms with E-state index in [2.05, 4.69) is 30.1 Å². The second-order valence-electron chi connectivity index (χ2n) is 9.23. The largest absolute Gasteiger partial charge is 0.496 e. The lowest BCUT2D eigenvalue weighted by atomic mass is 10.0. The summed E-state index contributed by atoms with van der Waals surface area (Å²) in [5, 5.41) is 2.77. The van der Waals surface area contributed by atoms with Crippen LogP contribution in [0.25, 0.3) is 0 Å². The highest BCUT2D eigenvalue weighted by Gasteiger charge is 2.28. The topological polar surface area (TPSA) is 80.3 Å². The molecule has 0 saturated carbocycles. The predicted octanol–water partition coefficient (Wildman–Crippen LogP) is 3.66. The number of nitrogens with zero attached hydrogens (tertiary/aromatic N) is 2. The number of para-hydroxylation sites is 1. The van der Waals surface area contributed by atoms with Crippen molar-refractivity contribution < 1.29 is 23.8 Å². The summed E-state index contributed by atoms with van der Waals surface area (Å²) in [5.41, 5.74) is 2.13. The summed E-state index contributed by atoms with van der Waals surface area (Å²) in [6.07, 6.45) is -0.140. The molecule has 2 amide bonds. The van der Waals surface area contributed by atoms with Gasteiger partial charge in [0.25, 0.3) is 5.91 Å². The maximum atomic E-state index is 13.3. The van der Waals surface area contributed by atoms with E-state index < -0.39 is 0 Å². The van der Waals surface area contributed by atoms with Crippen LogP contribution >= 0.6 is 0 Å². The number of hydrogen-bond donors (Lipinski definition) is 1. The van der Waals surface area contributed by atoms with Gasteiger partial charge in [-0.25, -0.2) is 0 Å². The average molecular weight is 484 g/mol. The van der Waals surface area contributed by atoms with Crippen molar-refractivity contribution in [3.05, 3.63) is 53.6 Å². The first-order valence-electron chi connectivity index (χ1n) is 11.9. The van der Waals surface area contributed by atoms with Crippen LogP contribution in [0.3, 0.4) is 0 Å². The van der Waals surface area contributed by atoms with Crippen LogP contribution in [-0.4, -0.2) is 74.7 Å². The van der Waals surface area contributed by atoms with Crippen molar-refractivity contribution in [3.8, 4) is 11.5 Å². The number of amides is 2. The number of carbonyl (C=O) groups is 2. The molecule has 2 aromatic rings. The van der Waals surface area contributed by atoms with Gasteiger partial charge in [0.05, 0.1) is 18.8 Å². The van der Waals surface area contributed by atoms with Gasteiger partial charge in [-0.05, 0) is 31.0 Å². The van der Waals surface area contributed by atoms with Crippen molar-refractivity contribution in [2.75, 3.05) is 46.3 Å². The first-order chi connectivity index (χ1) is 16.7. The van der Waals surface area contributed by atoms with E-state index in [1.807, 2.05) is 18.2 Å². The fraction of sp³-hybridized carbons (Fsp3) is 0.481. The molecule has 0 bridgehead atoms. The Labute approximate surface area is 208 Å². The second-order valence-corrected chi connectivity index (χ2v) is 9.23. The fourth-order valence-electron chi connectivity index (χ4n) is 4.40. The zero-order valence-electron chi connectivity index (χ0n) is 21.5. The molecule has 35 heavy (non-hydrogen) atoms. The zero-order valence-corrected chi connectivity index (χ0v) is 21.5. The molecule has 0 spiro atoms. The lowest BCUT2D eigenvalue weighted by Gasteiger charge is -2.36. The van der Waals surface area contributed by atoms with Crippen molar-refractivity contribution in [2.24, 2.45) is 5.92 Å². The number of anilines is 1. The summed E-state index contributed by atoms with van der Waals surface area (Å²) < 4.78 is 17.6. The third kappa shape index (κ3) is 6.74. The number of likely N-dealkylation sites (N-methyl/N-ethyl adjacent to an activating group) is 1. The molecule has 0 saturated heterocycles. The van der Waals surface area contributed by atoms with Crippen LogP contribution in [-0.2, 0) is 16.1 Å². The van der Waals surface area contributed by atoms with E-state index in [1.54, 1.807) is 44.4 Å². The summed E-state index contributed by atoms with van der Waals surface area (Å²) in [7, 11) is 5.14. The minimum absolute atomic E-state index is 0.0319. The summed E-state index contributed by atoms with van der Waals surface area (Å²) in [6, 6.07) is 13.2. The quantitative estimate of drug-likeness (QED) is 0.699. The van der Waals surface area contributed by atoms with Gasteiger partial charge in [0, 0.05) is 64.1 Å². The van der Waals surface area contributed by atoms with Crippen molar-refractivity contribution in [3.63, 3.8) is 0 Å². The molecule has 1 N–H and O–H groups in total. The highest BCUT2D eigenvalue weighted by atomic mass is 16.5. The monoisotopic (exact) mass is 483 g/mol. The zero-order chi connectivity index (χ0) is 25.5. The Morgan fingerprint density at radius 2 is 1.89 bits per heavy atom. The smallest absolute Gasteiger partial charge is 0.257 e. The molecule has 2 aromatic carbocycles. The molecule has 8 nitrogen and oxygen atoms in total. The van der Waals surface area contributed by atoms with Crippen LogP contribution in [0, 0.1) is 5.92 Å². The predicted molar refractivity (Wildman–Crippen MR) is 136 cm³/mol. The van der Waals surface area contributed by atoms with Crippen molar-refractivity contribution in [2.45, 2.75) is 39.5 Å². The van der Waals surface area contributed by atoms with Gasteiger partial charge >= 0.3 is 0 Å². The van der Waals surface area contributed by atoms with Gasteiger partial charge in [-0.3, -0.25) is 14.5 Å². The van der Waals surface area contributed by atoms with E-state index >= 15 is 0 Å². The molecule has 0 radical (unpaired) electrons. The molecule has 190 valence electrons. The number of fused-ring (bicyclic) bond motifs is 1. The van der Waals surface area contributed by atoms with Gasteiger partial charge < -0.3 is 24.4 Å². The molecule has 0 fully saturated rings. The molecule has 1 heterocycles. The Bertz CT molecular complexity index is 1030. The van der Waals surface area contributed by atoms with Crippen molar-refractivity contribution in [1.29, 1.82) is 0 Å². The van der Waals surface area contributed by atoms with Crippen molar-refractivity contribution >= 4 is 17.5 Å². The number of methoxy groups -OCH3 is 2. The van der Waals surface area contributed by atoms with E-state index in [4.69, 9.17) is 14.2 Å². The molecule has 3 atom stereocenters. The fourth-order valence-corrected chi connectivity index (χ4v) is 4.40. The third-order valence-electron chi connectivity index (χ3n) is 6.46. The van der Waals surface area contributed by atoms with E-state index in [0.29, 0.717) is 36.7 Å². The first-order valence-corrected chi connectivity index (χ1v) is 11.9. The molecule has 0 aromatic heterocycles. The van der Waals surface area contributed by atoms with Crippen LogP contribution in [0.15, 0.2) is 42.5 Å². The lowest BCUT2D eigenvalue weighted by molar-refractivity contribution is -0.114. The lowest BCUT2D eigenvalue weighted by Crippen LogP contribution is -2.46. The van der Waals surface area contributed by atoms with Gasteiger partial charge in [-0.15, -0.1) is 0 Å². The van der Waals surface area contributed by atoms with Gasteiger partial charge in [-0.2, -0.15) is 0 Å². The molecular weight excluding hydrogens is 446 g/mol. The van der Waals surface area contributed by atoms with Crippen LogP contribution in [0.2, 0.25) is 0 Å². The number of hydrogen-bond acceptors (Lipinski definition) is 6. The van der Waals surface area contributed by atoms with Gasteiger partial charge in [0.2, 0.25) is 5.91 Å². The summed E-state index contributed by atoms with van der Waals surface area (Å²) in [4.78, 5) is 28.9. The number of nitrogens with one attached hydrogen (secondary N) is 1. The Hall–Kier alpha value is -3.10. The highest BCUT2D eigenvalue weighted by Crippen LogP contribution is 2.28. The normalized spacial score (nSPS) is 21.8. The maximum Gasteiger partial charge on any atom is 0.257 e. The maximum absolute atomic E-state index is 13.3. The van der Waals surface area contributed by atoms with E-state index in [1.165, 1.54) is 6.92 Å². The van der Waals surface area contributed by atoms with Crippen LogP contribution in [0.5, 0.6) is 11.5 Å². The Morgan fingerprint density at radius 3 is 2.57 bits per heavy atom. The number of carbonyl (C=O) groups excluding carboxylic acids is 2. The SMILES string of the molecule is COc1ccccc1CN1C[C@@H](C)[C@@H](OC)CN(C)C(=O)c2ccc(NC(C)=O)cc2OC[C@@H]1C. The van der Waals surface area contributed by atoms with Crippen LogP contribution in [0.1, 0.15) is 36.7 Å². The summed E-state index contributed by atoms with van der Waals surface area (Å²) in [5.74, 6) is 1.11. The van der Waals surface area contributed by atoms with E-state index in [-0.39, 0.29) is 29.9 Å². The molecular formula is C27H37N3O5. The summed E-state index contributed by atoms with van der Waals surface area (Å²) in [6.45, 7) is 7.96. The molecule has 8 heteroatoms.